The van der Waals surface area contributed by atoms with Crippen LogP contribution in [0.2, 0.25) is 0 Å². The van der Waals surface area contributed by atoms with Crippen molar-refractivity contribution in [1.82, 2.24) is 5.43 Å². The van der Waals surface area contributed by atoms with Crippen molar-refractivity contribution in [2.75, 3.05) is 0 Å². The van der Waals surface area contributed by atoms with E-state index >= 15 is 0 Å². The van der Waals surface area contributed by atoms with Gasteiger partial charge in [-0.05, 0) is 49.1 Å². The van der Waals surface area contributed by atoms with Crippen molar-refractivity contribution in [3.05, 3.63) is 119 Å². The molecule has 1 amide bonds. The van der Waals surface area contributed by atoms with Crippen molar-refractivity contribution in [2.45, 2.75) is 32.6 Å². The number of benzene rings is 4. The molecule has 4 aromatic carbocycles. The number of fused-ring (bicyclic) bond motifs is 1. The smallest absolute Gasteiger partial charge is 0.244 e. The Morgan fingerprint density at radius 1 is 0.848 bits per heavy atom. The van der Waals surface area contributed by atoms with Crippen LogP contribution in [-0.4, -0.2) is 11.6 Å². The van der Waals surface area contributed by atoms with Gasteiger partial charge >= 0.3 is 0 Å². The first-order valence-electron chi connectivity index (χ1n) is 11.5. The van der Waals surface area contributed by atoms with Crippen LogP contribution >= 0.6 is 0 Å². The minimum Gasteiger partial charge on any atom is -0.273 e. The predicted octanol–water partition coefficient (Wildman–Crippen LogP) is 6.30. The summed E-state index contributed by atoms with van der Waals surface area (Å²) in [5.74, 6) is -0.178. The zero-order chi connectivity index (χ0) is 23.0. The molecule has 0 heterocycles. The number of nitrogens with zero attached hydrogens (tertiary/aromatic N) is 1. The predicted molar refractivity (Wildman–Crippen MR) is 136 cm³/mol. The summed E-state index contributed by atoms with van der Waals surface area (Å²) in [7, 11) is 0. The van der Waals surface area contributed by atoms with Gasteiger partial charge in [0.15, 0.2) is 0 Å². The summed E-state index contributed by atoms with van der Waals surface area (Å²) < 4.78 is 0. The van der Waals surface area contributed by atoms with Crippen LogP contribution in [0, 0.1) is 19.8 Å². The Hall–Kier alpha value is -3.72. The van der Waals surface area contributed by atoms with Crippen LogP contribution in [0.25, 0.3) is 10.8 Å². The second kappa shape index (κ2) is 8.32. The van der Waals surface area contributed by atoms with Gasteiger partial charge in [0.2, 0.25) is 5.91 Å². The summed E-state index contributed by atoms with van der Waals surface area (Å²) in [4.78, 5) is 13.3. The Balaban J connectivity index is 1.44. The molecule has 3 heteroatoms. The molecule has 0 aromatic heterocycles. The lowest BCUT2D eigenvalue weighted by Crippen LogP contribution is -2.26. The molecule has 1 N–H and O–H groups in total. The summed E-state index contributed by atoms with van der Waals surface area (Å²) in [5, 5.41) is 6.81. The van der Waals surface area contributed by atoms with Gasteiger partial charge in [0.1, 0.15) is 0 Å². The Kier molecular flexibility index (Phi) is 5.33. The van der Waals surface area contributed by atoms with Crippen molar-refractivity contribution < 1.29 is 4.79 Å². The second-order valence-corrected chi connectivity index (χ2v) is 9.17. The quantitative estimate of drug-likeness (QED) is 0.292. The first-order chi connectivity index (χ1) is 16.0. The Morgan fingerprint density at radius 2 is 1.45 bits per heavy atom. The first kappa shape index (κ1) is 21.1. The van der Waals surface area contributed by atoms with E-state index in [9.17, 15) is 4.79 Å². The number of nitrogens with one attached hydrogen (secondary N) is 1. The second-order valence-electron chi connectivity index (χ2n) is 9.17. The van der Waals surface area contributed by atoms with Gasteiger partial charge < -0.3 is 0 Å². The molecule has 3 nitrogen and oxygen atoms in total. The van der Waals surface area contributed by atoms with Crippen LogP contribution in [0.5, 0.6) is 0 Å². The molecule has 4 aromatic rings. The van der Waals surface area contributed by atoms with Gasteiger partial charge in [-0.2, -0.15) is 5.10 Å². The van der Waals surface area contributed by atoms with E-state index in [1.165, 1.54) is 22.3 Å². The highest BCUT2D eigenvalue weighted by molar-refractivity contribution is 6.10. The largest absolute Gasteiger partial charge is 0.273 e. The van der Waals surface area contributed by atoms with E-state index in [0.717, 1.165) is 28.5 Å². The first-order valence-corrected chi connectivity index (χ1v) is 11.5. The third kappa shape index (κ3) is 3.84. The van der Waals surface area contributed by atoms with Gasteiger partial charge in [-0.3, -0.25) is 4.79 Å². The minimum absolute atomic E-state index is 0.0300. The molecule has 0 aliphatic heterocycles. The average Bonchev–Trinajstić information content (AvgIpc) is 3.59. The maximum Gasteiger partial charge on any atom is 0.244 e. The number of rotatable bonds is 5. The zero-order valence-electron chi connectivity index (χ0n) is 19.3. The van der Waals surface area contributed by atoms with Crippen LogP contribution in [0.3, 0.4) is 0 Å². The lowest BCUT2D eigenvalue weighted by Gasteiger charge is -2.20. The van der Waals surface area contributed by atoms with Gasteiger partial charge in [-0.15, -0.1) is 0 Å². The number of hydrazone groups is 1. The number of hydrogen-bond acceptors (Lipinski definition) is 2. The fourth-order valence-electron chi connectivity index (χ4n) is 5.05. The van der Waals surface area contributed by atoms with Crippen molar-refractivity contribution >= 4 is 22.4 Å². The van der Waals surface area contributed by atoms with Gasteiger partial charge in [0.25, 0.3) is 0 Å². The van der Waals surface area contributed by atoms with Crippen LogP contribution in [-0.2, 0) is 10.2 Å². The summed E-state index contributed by atoms with van der Waals surface area (Å²) in [6.45, 7) is 6.15. The highest BCUT2D eigenvalue weighted by Gasteiger charge is 2.60. The molecule has 33 heavy (non-hydrogen) atoms. The molecule has 0 spiro atoms. The van der Waals surface area contributed by atoms with Crippen molar-refractivity contribution in [2.24, 2.45) is 11.0 Å². The molecule has 1 aliphatic rings. The van der Waals surface area contributed by atoms with Crippen LogP contribution in [0.1, 0.15) is 41.2 Å². The maximum atomic E-state index is 13.3. The number of carbonyl (C=O) groups is 1. The third-order valence-corrected chi connectivity index (χ3v) is 6.86. The van der Waals surface area contributed by atoms with E-state index in [1.807, 2.05) is 31.2 Å². The van der Waals surface area contributed by atoms with Gasteiger partial charge in [-0.1, -0.05) is 102 Å². The topological polar surface area (TPSA) is 41.5 Å². The Labute approximate surface area is 195 Å². The van der Waals surface area contributed by atoms with Crippen molar-refractivity contribution in [1.29, 1.82) is 0 Å². The Bertz CT molecular complexity index is 1330. The average molecular weight is 433 g/mol. The lowest BCUT2D eigenvalue weighted by atomic mass is 9.84. The summed E-state index contributed by atoms with van der Waals surface area (Å²) in [5.41, 5.74) is 9.22. The minimum atomic E-state index is -0.301. The van der Waals surface area contributed by atoms with Crippen LogP contribution in [0.4, 0.5) is 0 Å². The molecular weight excluding hydrogens is 404 g/mol. The molecule has 1 atom stereocenters. The molecule has 1 saturated carbocycles. The summed E-state index contributed by atoms with van der Waals surface area (Å²) >= 11 is 0. The molecule has 1 aliphatic carbocycles. The van der Waals surface area contributed by atoms with Crippen molar-refractivity contribution in [3.8, 4) is 0 Å². The Morgan fingerprint density at radius 3 is 2.12 bits per heavy atom. The van der Waals surface area contributed by atoms with Gasteiger partial charge in [-0.25, -0.2) is 5.43 Å². The molecule has 0 bridgehead atoms. The highest BCUT2D eigenvalue weighted by Crippen LogP contribution is 2.59. The zero-order valence-corrected chi connectivity index (χ0v) is 19.3. The fraction of sp³-hybridized carbons (Fsp3) is 0.200. The maximum absolute atomic E-state index is 13.3. The van der Waals surface area contributed by atoms with Crippen molar-refractivity contribution in [3.63, 3.8) is 0 Å². The number of carbonyl (C=O) groups excluding carboxylic acids is 1. The molecule has 0 radical (unpaired) electrons. The molecular formula is C30H28N2O. The summed E-state index contributed by atoms with van der Waals surface area (Å²) in [6, 6.07) is 31.5. The standard InChI is InChI=1S/C30H28N2O/c1-20-9-6-13-24(17-20)30(25-14-7-10-21(2)18-25)19-28(30)29(33)32-31-22(3)26-16-8-12-23-11-4-5-15-27(23)26/h4-18,28H,19H2,1-3H3,(H,32,33)/b31-22-. The van der Waals surface area contributed by atoms with Gasteiger partial charge in [0, 0.05) is 11.0 Å². The van der Waals surface area contributed by atoms with E-state index in [1.54, 1.807) is 0 Å². The monoisotopic (exact) mass is 432 g/mol. The fourth-order valence-corrected chi connectivity index (χ4v) is 5.05. The molecule has 0 saturated heterocycles. The van der Waals surface area contributed by atoms with Gasteiger partial charge in [0.05, 0.1) is 11.6 Å². The third-order valence-electron chi connectivity index (χ3n) is 6.86. The SMILES string of the molecule is C/C(=N/NC(=O)C1CC1(c1cccc(C)c1)c1cccc(C)c1)c1cccc2ccccc12. The lowest BCUT2D eigenvalue weighted by molar-refractivity contribution is -0.122. The van der Waals surface area contributed by atoms with Crippen LogP contribution in [0.15, 0.2) is 96.1 Å². The molecule has 1 unspecified atom stereocenters. The molecule has 1 fully saturated rings. The van der Waals surface area contributed by atoms with E-state index in [0.29, 0.717) is 0 Å². The highest BCUT2D eigenvalue weighted by atomic mass is 16.2. The van der Waals surface area contributed by atoms with E-state index in [2.05, 4.69) is 91.1 Å². The molecule has 5 rings (SSSR count). The molecule has 164 valence electrons. The summed E-state index contributed by atoms with van der Waals surface area (Å²) in [6.07, 6.45) is 0.786. The number of aryl methyl sites for hydroxylation is 2. The number of amides is 1. The van der Waals surface area contributed by atoms with E-state index < -0.39 is 0 Å². The van der Waals surface area contributed by atoms with E-state index in [4.69, 9.17) is 0 Å². The normalized spacial score (nSPS) is 17.1. The number of hydrogen-bond donors (Lipinski definition) is 1. The van der Waals surface area contributed by atoms with E-state index in [-0.39, 0.29) is 17.2 Å². The van der Waals surface area contributed by atoms with Crippen LogP contribution < -0.4 is 5.43 Å².